The van der Waals surface area contributed by atoms with Gasteiger partial charge in [-0.3, -0.25) is 4.79 Å². The lowest BCUT2D eigenvalue weighted by Gasteiger charge is -2.37. The molecule has 0 radical (unpaired) electrons. The molecule has 1 saturated heterocycles. The molecule has 1 fully saturated rings. The fourth-order valence-electron chi connectivity index (χ4n) is 2.98. The second-order valence-electron chi connectivity index (χ2n) is 6.56. The maximum Gasteiger partial charge on any atom is 0.235 e. The molecule has 1 aliphatic heterocycles. The van der Waals surface area contributed by atoms with E-state index in [1.807, 2.05) is 17.9 Å². The van der Waals surface area contributed by atoms with Gasteiger partial charge in [0.1, 0.15) is 0 Å². The number of hydrogen-bond donors (Lipinski definition) is 1. The highest BCUT2D eigenvalue weighted by Crippen LogP contribution is 2.30. The zero-order chi connectivity index (χ0) is 19.1. The Bertz CT molecular complexity index is 716. The highest BCUT2D eigenvalue weighted by molar-refractivity contribution is 8.02. The highest BCUT2D eigenvalue weighted by Gasteiger charge is 2.26. The van der Waals surface area contributed by atoms with E-state index in [1.165, 1.54) is 28.8 Å². The van der Waals surface area contributed by atoms with Crippen molar-refractivity contribution in [3.05, 3.63) is 30.3 Å². The number of carbonyl (C=O) groups is 1. The van der Waals surface area contributed by atoms with Gasteiger partial charge in [0, 0.05) is 38.4 Å². The number of amides is 1. The summed E-state index contributed by atoms with van der Waals surface area (Å²) < 4.78 is 0.845. The van der Waals surface area contributed by atoms with Gasteiger partial charge in [0.2, 0.25) is 11.0 Å². The molecule has 1 aromatic carbocycles. The number of nitrogens with zero attached hydrogens (tertiary/aromatic N) is 4. The minimum Gasteiger partial charge on any atom is -0.368 e. The minimum absolute atomic E-state index is 0.148. The van der Waals surface area contributed by atoms with Crippen LogP contribution in [0.5, 0.6) is 0 Å². The number of hydrogen-bond acceptors (Lipinski definition) is 7. The summed E-state index contributed by atoms with van der Waals surface area (Å²) in [6.07, 6.45) is 2.27. The largest absolute Gasteiger partial charge is 0.368 e. The van der Waals surface area contributed by atoms with Crippen molar-refractivity contribution in [2.45, 2.75) is 36.3 Å². The van der Waals surface area contributed by atoms with Crippen molar-refractivity contribution < 1.29 is 4.79 Å². The van der Waals surface area contributed by atoms with Crippen LogP contribution in [0.1, 0.15) is 26.7 Å². The van der Waals surface area contributed by atoms with Gasteiger partial charge >= 0.3 is 0 Å². The molecule has 2 aromatic rings. The Balaban J connectivity index is 1.47. The molecular formula is C19H27N5OS2. The van der Waals surface area contributed by atoms with E-state index in [1.54, 1.807) is 0 Å². The standard InChI is InChI=1S/C19H27N5OS2/c1-3-4-10-20-18-21-22-19(27-18)26-15(2)17(25)24-13-11-23(12-14-24)16-8-6-5-7-9-16/h5-9,15H,3-4,10-14H2,1-2H3,(H,20,21)/t15-/m1/s1. The van der Waals surface area contributed by atoms with E-state index in [0.29, 0.717) is 0 Å². The van der Waals surface area contributed by atoms with Gasteiger partial charge in [0.05, 0.1) is 5.25 Å². The second kappa shape index (κ2) is 9.94. The molecular weight excluding hydrogens is 378 g/mol. The summed E-state index contributed by atoms with van der Waals surface area (Å²) in [6, 6.07) is 10.4. The van der Waals surface area contributed by atoms with Crippen LogP contribution in [0.3, 0.4) is 0 Å². The smallest absolute Gasteiger partial charge is 0.235 e. The summed E-state index contributed by atoms with van der Waals surface area (Å²) in [4.78, 5) is 17.1. The lowest BCUT2D eigenvalue weighted by Crippen LogP contribution is -2.50. The zero-order valence-corrected chi connectivity index (χ0v) is 17.6. The van der Waals surface area contributed by atoms with E-state index in [2.05, 4.69) is 51.6 Å². The first-order valence-electron chi connectivity index (χ1n) is 9.50. The topological polar surface area (TPSA) is 61.4 Å². The molecule has 0 aliphatic carbocycles. The average molecular weight is 406 g/mol. The molecule has 0 bridgehead atoms. The second-order valence-corrected chi connectivity index (χ2v) is 9.13. The summed E-state index contributed by atoms with van der Waals surface area (Å²) in [5.41, 5.74) is 1.23. The van der Waals surface area contributed by atoms with Gasteiger partial charge in [-0.1, -0.05) is 54.6 Å². The predicted molar refractivity (Wildman–Crippen MR) is 114 cm³/mol. The summed E-state index contributed by atoms with van der Waals surface area (Å²) in [7, 11) is 0. The molecule has 0 unspecified atom stereocenters. The number of rotatable bonds is 8. The van der Waals surface area contributed by atoms with Crippen molar-refractivity contribution in [3.8, 4) is 0 Å². The summed E-state index contributed by atoms with van der Waals surface area (Å²) in [5.74, 6) is 0.184. The van der Waals surface area contributed by atoms with Crippen LogP contribution in [0.25, 0.3) is 0 Å². The molecule has 1 aromatic heterocycles. The number of thioether (sulfide) groups is 1. The fraction of sp³-hybridized carbons (Fsp3) is 0.526. The van der Waals surface area contributed by atoms with Crippen LogP contribution in [-0.2, 0) is 4.79 Å². The van der Waals surface area contributed by atoms with Crippen LogP contribution in [0.15, 0.2) is 34.7 Å². The molecule has 0 spiro atoms. The number of anilines is 2. The van der Waals surface area contributed by atoms with Gasteiger partial charge < -0.3 is 15.1 Å². The lowest BCUT2D eigenvalue weighted by atomic mass is 10.2. The maximum absolute atomic E-state index is 12.8. The van der Waals surface area contributed by atoms with E-state index >= 15 is 0 Å². The number of aromatic nitrogens is 2. The van der Waals surface area contributed by atoms with Crippen LogP contribution < -0.4 is 10.2 Å². The van der Waals surface area contributed by atoms with Gasteiger partial charge in [0.15, 0.2) is 4.34 Å². The third-order valence-electron chi connectivity index (χ3n) is 4.55. The van der Waals surface area contributed by atoms with E-state index in [-0.39, 0.29) is 11.2 Å². The Labute approximate surface area is 169 Å². The molecule has 2 heterocycles. The molecule has 1 N–H and O–H groups in total. The van der Waals surface area contributed by atoms with E-state index in [9.17, 15) is 4.79 Å². The predicted octanol–water partition coefficient (Wildman–Crippen LogP) is 3.58. The first kappa shape index (κ1) is 19.9. The van der Waals surface area contributed by atoms with Gasteiger partial charge in [-0.05, 0) is 25.5 Å². The molecule has 146 valence electrons. The van der Waals surface area contributed by atoms with Crippen LogP contribution >= 0.6 is 23.1 Å². The Morgan fingerprint density at radius 1 is 1.22 bits per heavy atom. The molecule has 1 amide bonds. The Morgan fingerprint density at radius 2 is 1.96 bits per heavy atom. The minimum atomic E-state index is -0.148. The van der Waals surface area contributed by atoms with Gasteiger partial charge in [0.25, 0.3) is 0 Å². The normalized spacial score (nSPS) is 15.6. The van der Waals surface area contributed by atoms with E-state index in [4.69, 9.17) is 0 Å². The third-order valence-corrected chi connectivity index (χ3v) is 6.60. The van der Waals surface area contributed by atoms with Crippen molar-refractivity contribution in [1.82, 2.24) is 15.1 Å². The van der Waals surface area contributed by atoms with Crippen LogP contribution in [-0.4, -0.2) is 59.0 Å². The monoisotopic (exact) mass is 405 g/mol. The van der Waals surface area contributed by atoms with Gasteiger partial charge in [-0.15, -0.1) is 10.2 Å². The molecule has 27 heavy (non-hydrogen) atoms. The van der Waals surface area contributed by atoms with E-state index < -0.39 is 0 Å². The number of nitrogens with one attached hydrogen (secondary N) is 1. The molecule has 0 saturated carbocycles. The number of piperazine rings is 1. The molecule has 1 aliphatic rings. The number of unbranched alkanes of at least 4 members (excludes halogenated alkanes) is 1. The van der Waals surface area contributed by atoms with Crippen LogP contribution in [0.4, 0.5) is 10.8 Å². The third kappa shape index (κ3) is 5.59. The SMILES string of the molecule is CCCCNc1nnc(S[C@H](C)C(=O)N2CCN(c3ccccc3)CC2)s1. The zero-order valence-electron chi connectivity index (χ0n) is 15.9. The van der Waals surface area contributed by atoms with Gasteiger partial charge in [-0.2, -0.15) is 0 Å². The van der Waals surface area contributed by atoms with Crippen molar-refractivity contribution >= 4 is 39.8 Å². The first-order valence-corrected chi connectivity index (χ1v) is 11.2. The molecule has 3 rings (SSSR count). The molecule has 8 heteroatoms. The van der Waals surface area contributed by atoms with Gasteiger partial charge in [-0.25, -0.2) is 0 Å². The van der Waals surface area contributed by atoms with E-state index in [0.717, 1.165) is 55.0 Å². The lowest BCUT2D eigenvalue weighted by molar-refractivity contribution is -0.130. The van der Waals surface area contributed by atoms with Crippen molar-refractivity contribution in [1.29, 1.82) is 0 Å². The summed E-state index contributed by atoms with van der Waals surface area (Å²) >= 11 is 3.03. The quantitative estimate of drug-likeness (QED) is 0.535. The highest BCUT2D eigenvalue weighted by atomic mass is 32.2. The maximum atomic E-state index is 12.8. The molecule has 1 atom stereocenters. The van der Waals surface area contributed by atoms with Crippen molar-refractivity contribution in [2.24, 2.45) is 0 Å². The van der Waals surface area contributed by atoms with Crippen LogP contribution in [0.2, 0.25) is 0 Å². The number of carbonyl (C=O) groups excluding carboxylic acids is 1. The fourth-order valence-corrected chi connectivity index (χ4v) is 4.99. The van der Waals surface area contributed by atoms with Crippen LogP contribution in [0, 0.1) is 0 Å². The summed E-state index contributed by atoms with van der Waals surface area (Å²) in [6.45, 7) is 8.31. The van der Waals surface area contributed by atoms with Crippen molar-refractivity contribution in [2.75, 3.05) is 42.9 Å². The molecule has 6 nitrogen and oxygen atoms in total. The summed E-state index contributed by atoms with van der Waals surface area (Å²) in [5, 5.41) is 12.3. The average Bonchev–Trinajstić information content (AvgIpc) is 3.15. The number of para-hydroxylation sites is 1. The van der Waals surface area contributed by atoms with Crippen molar-refractivity contribution in [3.63, 3.8) is 0 Å². The number of benzene rings is 1. The first-order chi connectivity index (χ1) is 13.2. The Kier molecular flexibility index (Phi) is 7.34. The Hall–Kier alpha value is -1.80. The Morgan fingerprint density at radius 3 is 2.67 bits per heavy atom.